The zero-order valence-corrected chi connectivity index (χ0v) is 12.8. The highest BCUT2D eigenvalue weighted by molar-refractivity contribution is 9.10. The minimum absolute atomic E-state index is 0.368. The van der Waals surface area contributed by atoms with Crippen LogP contribution in [0.3, 0.4) is 0 Å². The number of alkyl halides is 1. The number of nitrogens with zero attached hydrogens (tertiary/aromatic N) is 3. The molecule has 3 nitrogen and oxygen atoms in total. The summed E-state index contributed by atoms with van der Waals surface area (Å²) < 4.78 is 3.17. The molecular formula is C12H19BrClN3. The van der Waals surface area contributed by atoms with Crippen LogP contribution in [0.15, 0.2) is 4.47 Å². The predicted octanol–water partition coefficient (Wildman–Crippen LogP) is 2.95. The number of hydrogen-bond acceptors (Lipinski definition) is 2. The zero-order valence-electron chi connectivity index (χ0n) is 10.4. The van der Waals surface area contributed by atoms with Gasteiger partial charge in [-0.1, -0.05) is 6.92 Å². The maximum Gasteiger partial charge on any atom is 0.0767 e. The number of hydrogen-bond donors (Lipinski definition) is 0. The topological polar surface area (TPSA) is 21.1 Å². The second-order valence-corrected chi connectivity index (χ2v) is 6.05. The van der Waals surface area contributed by atoms with Crippen molar-refractivity contribution in [3.8, 4) is 0 Å². The van der Waals surface area contributed by atoms with E-state index in [2.05, 4.69) is 32.9 Å². The lowest BCUT2D eigenvalue weighted by Gasteiger charge is -2.29. The van der Waals surface area contributed by atoms with Gasteiger partial charge in [-0.15, -0.1) is 11.6 Å². The molecule has 2 rings (SSSR count). The third-order valence-corrected chi connectivity index (χ3v) is 4.75. The van der Waals surface area contributed by atoms with Crippen LogP contribution in [0.5, 0.6) is 0 Å². The number of aryl methyl sites for hydroxylation is 2. The van der Waals surface area contributed by atoms with Crippen LogP contribution in [-0.4, -0.2) is 33.1 Å². The Morgan fingerprint density at radius 2 is 2.06 bits per heavy atom. The summed E-state index contributed by atoms with van der Waals surface area (Å²) in [5, 5.41) is 4.89. The van der Waals surface area contributed by atoms with Gasteiger partial charge in [0.1, 0.15) is 0 Å². The Kier molecular flexibility index (Phi) is 4.50. The summed E-state index contributed by atoms with van der Waals surface area (Å²) in [5.41, 5.74) is 2.42. The van der Waals surface area contributed by atoms with E-state index in [9.17, 15) is 0 Å². The van der Waals surface area contributed by atoms with Crippen LogP contribution in [0, 0.1) is 0 Å². The van der Waals surface area contributed by atoms with Crippen molar-refractivity contribution in [3.63, 3.8) is 0 Å². The molecule has 17 heavy (non-hydrogen) atoms. The van der Waals surface area contributed by atoms with Gasteiger partial charge in [0.25, 0.3) is 0 Å². The molecule has 1 saturated heterocycles. The molecule has 1 aliphatic rings. The highest BCUT2D eigenvalue weighted by atomic mass is 79.9. The monoisotopic (exact) mass is 319 g/mol. The summed E-state index contributed by atoms with van der Waals surface area (Å²) in [7, 11) is 2.02. The highest BCUT2D eigenvalue weighted by Crippen LogP contribution is 2.24. The second kappa shape index (κ2) is 5.72. The molecule has 0 spiro atoms. The average Bonchev–Trinajstić information content (AvgIpc) is 2.59. The van der Waals surface area contributed by atoms with Crippen molar-refractivity contribution in [2.24, 2.45) is 7.05 Å². The fraction of sp³-hybridized carbons (Fsp3) is 0.750. The first kappa shape index (κ1) is 13.4. The third-order valence-electron chi connectivity index (χ3n) is 3.39. The summed E-state index contributed by atoms with van der Waals surface area (Å²) in [6.45, 7) is 5.28. The Bertz CT molecular complexity index is 383. The van der Waals surface area contributed by atoms with E-state index in [-0.39, 0.29) is 0 Å². The van der Waals surface area contributed by atoms with Crippen LogP contribution >= 0.6 is 27.5 Å². The molecule has 96 valence electrons. The fourth-order valence-electron chi connectivity index (χ4n) is 2.26. The number of rotatable bonds is 3. The first-order chi connectivity index (χ1) is 8.11. The van der Waals surface area contributed by atoms with E-state index in [1.54, 1.807) is 0 Å². The van der Waals surface area contributed by atoms with Crippen LogP contribution in [0.2, 0.25) is 0 Å². The minimum atomic E-state index is 0.368. The van der Waals surface area contributed by atoms with Crippen LogP contribution in [0.25, 0.3) is 0 Å². The smallest absolute Gasteiger partial charge is 0.0767 e. The molecule has 1 fully saturated rings. The third kappa shape index (κ3) is 3.04. The van der Waals surface area contributed by atoms with Crippen LogP contribution < -0.4 is 0 Å². The summed E-state index contributed by atoms with van der Waals surface area (Å²) in [4.78, 5) is 2.46. The van der Waals surface area contributed by atoms with Gasteiger partial charge in [-0.2, -0.15) is 5.10 Å². The zero-order chi connectivity index (χ0) is 12.4. The molecule has 0 bridgehead atoms. The molecule has 0 aromatic carbocycles. The van der Waals surface area contributed by atoms with Gasteiger partial charge in [0.05, 0.1) is 15.9 Å². The van der Waals surface area contributed by atoms with Gasteiger partial charge in [0.2, 0.25) is 0 Å². The van der Waals surface area contributed by atoms with Gasteiger partial charge in [-0.25, -0.2) is 0 Å². The van der Waals surface area contributed by atoms with E-state index in [4.69, 9.17) is 11.6 Å². The van der Waals surface area contributed by atoms with E-state index in [1.807, 2.05) is 11.7 Å². The Morgan fingerprint density at radius 1 is 1.41 bits per heavy atom. The lowest BCUT2D eigenvalue weighted by atomic mass is 10.1. The number of aromatic nitrogens is 2. The molecule has 0 atom stereocenters. The Labute approximate surface area is 116 Å². The van der Waals surface area contributed by atoms with Crippen LogP contribution in [-0.2, 0) is 20.0 Å². The summed E-state index contributed by atoms with van der Waals surface area (Å²) in [5.74, 6) is 0. The SMILES string of the molecule is CCc1nn(C)c(CN2CCC(Cl)CC2)c1Br. The lowest BCUT2D eigenvalue weighted by molar-refractivity contribution is 0.218. The highest BCUT2D eigenvalue weighted by Gasteiger charge is 2.20. The van der Waals surface area contributed by atoms with Crippen molar-refractivity contribution >= 4 is 27.5 Å². The maximum absolute atomic E-state index is 6.12. The summed E-state index contributed by atoms with van der Waals surface area (Å²) in [6, 6.07) is 0. The normalized spacial score (nSPS) is 18.8. The number of piperidine rings is 1. The van der Waals surface area contributed by atoms with Gasteiger partial charge in [-0.05, 0) is 48.3 Å². The van der Waals surface area contributed by atoms with E-state index < -0.39 is 0 Å². The Morgan fingerprint density at radius 3 is 2.59 bits per heavy atom. The van der Waals surface area contributed by atoms with E-state index >= 15 is 0 Å². The molecule has 0 aliphatic carbocycles. The van der Waals surface area contributed by atoms with Crippen molar-refractivity contribution in [2.75, 3.05) is 13.1 Å². The molecule has 1 aromatic heterocycles. The standard InChI is InChI=1S/C12H19BrClN3/c1-3-10-12(13)11(16(2)15-10)8-17-6-4-9(14)5-7-17/h9H,3-8H2,1-2H3. The molecular weight excluding hydrogens is 302 g/mol. The number of halogens is 2. The van der Waals surface area contributed by atoms with Gasteiger partial charge >= 0.3 is 0 Å². The maximum atomic E-state index is 6.12. The summed E-state index contributed by atoms with van der Waals surface area (Å²) in [6.07, 6.45) is 3.16. The molecule has 5 heteroatoms. The average molecular weight is 321 g/mol. The second-order valence-electron chi connectivity index (χ2n) is 4.64. The molecule has 0 amide bonds. The first-order valence-corrected chi connectivity index (χ1v) is 7.41. The van der Waals surface area contributed by atoms with Crippen molar-refractivity contribution in [3.05, 3.63) is 15.9 Å². The van der Waals surface area contributed by atoms with E-state index in [1.165, 1.54) is 10.2 Å². The largest absolute Gasteiger partial charge is 0.297 e. The van der Waals surface area contributed by atoms with Gasteiger partial charge in [-0.3, -0.25) is 9.58 Å². The molecule has 1 aromatic rings. The molecule has 2 heterocycles. The molecule has 0 saturated carbocycles. The van der Waals surface area contributed by atoms with Crippen molar-refractivity contribution in [1.82, 2.24) is 14.7 Å². The van der Waals surface area contributed by atoms with Gasteiger partial charge in [0.15, 0.2) is 0 Å². The fourth-order valence-corrected chi connectivity index (χ4v) is 3.20. The Hall–Kier alpha value is -0.0600. The predicted molar refractivity (Wildman–Crippen MR) is 74.4 cm³/mol. The van der Waals surface area contributed by atoms with Gasteiger partial charge in [0, 0.05) is 19.0 Å². The van der Waals surface area contributed by atoms with Gasteiger partial charge < -0.3 is 0 Å². The molecule has 0 radical (unpaired) electrons. The van der Waals surface area contributed by atoms with Crippen molar-refractivity contribution in [1.29, 1.82) is 0 Å². The molecule has 0 N–H and O–H groups in total. The lowest BCUT2D eigenvalue weighted by Crippen LogP contribution is -2.34. The number of likely N-dealkylation sites (tertiary alicyclic amines) is 1. The van der Waals surface area contributed by atoms with Crippen LogP contribution in [0.4, 0.5) is 0 Å². The van der Waals surface area contributed by atoms with Crippen molar-refractivity contribution < 1.29 is 0 Å². The van der Waals surface area contributed by atoms with Crippen molar-refractivity contribution in [2.45, 2.75) is 38.1 Å². The minimum Gasteiger partial charge on any atom is -0.297 e. The van der Waals surface area contributed by atoms with E-state index in [0.717, 1.165) is 44.6 Å². The summed E-state index contributed by atoms with van der Waals surface area (Å²) >= 11 is 9.79. The first-order valence-electron chi connectivity index (χ1n) is 6.18. The molecule has 1 aliphatic heterocycles. The quantitative estimate of drug-likeness (QED) is 0.799. The van der Waals surface area contributed by atoms with E-state index in [0.29, 0.717) is 5.38 Å². The van der Waals surface area contributed by atoms with Crippen LogP contribution in [0.1, 0.15) is 31.2 Å². The Balaban J connectivity index is 2.05. The molecule has 0 unspecified atom stereocenters.